The molecular formula is C6H11O4+. The predicted octanol–water partition coefficient (Wildman–Crippen LogP) is 0.225. The number of hydrogen-bond donors (Lipinski definition) is 0. The van der Waals surface area contributed by atoms with Gasteiger partial charge in [0.2, 0.25) is 0 Å². The van der Waals surface area contributed by atoms with Crippen LogP contribution in [-0.4, -0.2) is 25.2 Å². The van der Waals surface area contributed by atoms with Gasteiger partial charge in [0, 0.05) is 0 Å². The van der Waals surface area contributed by atoms with Crippen molar-refractivity contribution in [2.75, 3.05) is 13.2 Å². The van der Waals surface area contributed by atoms with Crippen LogP contribution in [0.2, 0.25) is 0 Å². The fraction of sp³-hybridized carbons (Fsp3) is 0.667. The third-order valence-electron chi connectivity index (χ3n) is 0.718. The fourth-order valence-corrected chi connectivity index (χ4v) is 0.380. The van der Waals surface area contributed by atoms with Crippen molar-refractivity contribution in [3.63, 3.8) is 0 Å². The number of rotatable bonds is 2. The van der Waals surface area contributed by atoms with Crippen molar-refractivity contribution < 1.29 is 20.5 Å². The topological polar surface area (TPSA) is 52.6 Å². The summed E-state index contributed by atoms with van der Waals surface area (Å²) >= 11 is 0. The van der Waals surface area contributed by atoms with Crippen molar-refractivity contribution in [3.05, 3.63) is 0 Å². The zero-order chi connectivity index (χ0) is 7.98. The molecule has 0 aromatic heterocycles. The highest BCUT2D eigenvalue weighted by Gasteiger charge is 2.14. The number of carbonyl (C=O) groups is 2. The Bertz CT molecular complexity index is 119. The first-order valence-corrected chi connectivity index (χ1v) is 3.06. The maximum absolute atomic E-state index is 10.4. The van der Waals surface area contributed by atoms with Crippen molar-refractivity contribution in [1.29, 1.82) is 0 Å². The van der Waals surface area contributed by atoms with E-state index in [4.69, 9.17) is 0 Å². The molecule has 0 atom stereocenters. The molecule has 10 heavy (non-hydrogen) atoms. The van der Waals surface area contributed by atoms with Gasteiger partial charge in [-0.05, 0) is 13.8 Å². The molecule has 0 aromatic carbocycles. The van der Waals surface area contributed by atoms with E-state index >= 15 is 0 Å². The molecule has 0 rings (SSSR count). The summed E-state index contributed by atoms with van der Waals surface area (Å²) in [4.78, 5) is 20.9. The van der Waals surface area contributed by atoms with E-state index < -0.39 is 11.9 Å². The maximum Gasteiger partial charge on any atom is 1.00 e. The molecule has 58 valence electrons. The highest BCUT2D eigenvalue weighted by atomic mass is 16.6. The average molecular weight is 147 g/mol. The number of hydrogen-bond acceptors (Lipinski definition) is 4. The second-order valence-corrected chi connectivity index (χ2v) is 1.44. The van der Waals surface area contributed by atoms with Crippen molar-refractivity contribution >= 4 is 11.9 Å². The van der Waals surface area contributed by atoms with Crippen molar-refractivity contribution in [2.45, 2.75) is 13.8 Å². The van der Waals surface area contributed by atoms with Gasteiger partial charge in [0.25, 0.3) is 0 Å². The lowest BCUT2D eigenvalue weighted by Crippen LogP contribution is -2.19. The van der Waals surface area contributed by atoms with E-state index in [1.54, 1.807) is 13.8 Å². The van der Waals surface area contributed by atoms with Gasteiger partial charge in [0.1, 0.15) is 0 Å². The Morgan fingerprint density at radius 2 is 1.40 bits per heavy atom. The second-order valence-electron chi connectivity index (χ2n) is 1.44. The van der Waals surface area contributed by atoms with Gasteiger partial charge < -0.3 is 9.47 Å². The Balaban J connectivity index is 0. The Labute approximate surface area is 60.6 Å². The highest BCUT2D eigenvalue weighted by Crippen LogP contribution is 1.82. The number of esters is 2. The summed E-state index contributed by atoms with van der Waals surface area (Å²) in [5.41, 5.74) is 0. The van der Waals surface area contributed by atoms with Crippen LogP contribution in [0.25, 0.3) is 0 Å². The normalized spacial score (nSPS) is 8.60. The largest absolute Gasteiger partial charge is 1.00 e. The zero-order valence-corrected chi connectivity index (χ0v) is 6.05. The zero-order valence-electron chi connectivity index (χ0n) is 7.05. The van der Waals surface area contributed by atoms with E-state index in [0.29, 0.717) is 0 Å². The summed E-state index contributed by atoms with van der Waals surface area (Å²) in [7, 11) is 0. The van der Waals surface area contributed by atoms with E-state index in [2.05, 4.69) is 9.47 Å². The minimum atomic E-state index is -0.927. The van der Waals surface area contributed by atoms with Crippen LogP contribution in [0.5, 0.6) is 0 Å². The summed E-state index contributed by atoms with van der Waals surface area (Å²) in [6.45, 7) is 3.63. The van der Waals surface area contributed by atoms with Crippen LogP contribution in [0.4, 0.5) is 0 Å². The standard InChI is InChI=1S/C6H10O4/c1-3-9-5(7)6(8)10-4-2/h3-4H2,1-2H3/p+1. The van der Waals surface area contributed by atoms with E-state index in [9.17, 15) is 9.59 Å². The summed E-state index contributed by atoms with van der Waals surface area (Å²) in [6.07, 6.45) is 0. The molecule has 0 N–H and O–H groups in total. The Morgan fingerprint density at radius 3 is 1.60 bits per heavy atom. The molecular weight excluding hydrogens is 136 g/mol. The van der Waals surface area contributed by atoms with Gasteiger partial charge in [-0.3, -0.25) is 0 Å². The van der Waals surface area contributed by atoms with Gasteiger partial charge in [0.15, 0.2) is 0 Å². The van der Waals surface area contributed by atoms with Crippen LogP contribution in [0.1, 0.15) is 15.3 Å². The molecule has 0 saturated carbocycles. The van der Waals surface area contributed by atoms with E-state index in [1.807, 2.05) is 0 Å². The SMILES string of the molecule is CCOC(=O)C(=O)OCC.[H+]. The molecule has 4 heteroatoms. The van der Waals surface area contributed by atoms with Crippen LogP contribution in [0, 0.1) is 0 Å². The molecule has 0 aliphatic carbocycles. The van der Waals surface area contributed by atoms with Crippen LogP contribution >= 0.6 is 0 Å². The molecule has 0 saturated heterocycles. The molecule has 0 aliphatic heterocycles. The average Bonchev–Trinajstić information content (AvgIpc) is 1.89. The Kier molecular flexibility index (Phi) is 4.28. The van der Waals surface area contributed by atoms with E-state index in [-0.39, 0.29) is 14.6 Å². The van der Waals surface area contributed by atoms with Crippen molar-refractivity contribution in [2.24, 2.45) is 0 Å². The minimum absolute atomic E-state index is 0. The van der Waals surface area contributed by atoms with E-state index in [1.165, 1.54) is 0 Å². The Hall–Kier alpha value is -1.06. The second kappa shape index (κ2) is 4.78. The smallest absolute Gasteiger partial charge is 0.458 e. The van der Waals surface area contributed by atoms with Gasteiger partial charge in [-0.2, -0.15) is 0 Å². The molecule has 4 nitrogen and oxygen atoms in total. The molecule has 0 radical (unpaired) electrons. The van der Waals surface area contributed by atoms with Gasteiger partial charge in [0.05, 0.1) is 13.2 Å². The first kappa shape index (κ1) is 8.94. The molecule has 0 aromatic rings. The van der Waals surface area contributed by atoms with Crippen molar-refractivity contribution in [3.8, 4) is 0 Å². The summed E-state index contributed by atoms with van der Waals surface area (Å²) in [5, 5.41) is 0. The van der Waals surface area contributed by atoms with Gasteiger partial charge in [-0.1, -0.05) is 0 Å². The number of carbonyl (C=O) groups excluding carboxylic acids is 2. The monoisotopic (exact) mass is 147 g/mol. The molecule has 0 unspecified atom stereocenters. The lowest BCUT2D eigenvalue weighted by molar-refractivity contribution is -0.167. The summed E-state index contributed by atoms with van der Waals surface area (Å²) < 4.78 is 8.69. The van der Waals surface area contributed by atoms with Gasteiger partial charge in [-0.15, -0.1) is 0 Å². The molecule has 0 heterocycles. The highest BCUT2D eigenvalue weighted by molar-refractivity contribution is 6.29. The lowest BCUT2D eigenvalue weighted by Gasteiger charge is -1.99. The minimum Gasteiger partial charge on any atom is -0.458 e. The van der Waals surface area contributed by atoms with Crippen LogP contribution in [0.15, 0.2) is 0 Å². The fourth-order valence-electron chi connectivity index (χ4n) is 0.380. The quantitative estimate of drug-likeness (QED) is 0.414. The Morgan fingerprint density at radius 1 is 1.10 bits per heavy atom. The molecule has 0 spiro atoms. The summed E-state index contributed by atoms with van der Waals surface area (Å²) in [6, 6.07) is 0. The first-order chi connectivity index (χ1) is 4.72. The third-order valence-corrected chi connectivity index (χ3v) is 0.718. The molecule has 0 aliphatic rings. The molecule has 0 fully saturated rings. The summed E-state index contributed by atoms with van der Waals surface area (Å²) in [5.74, 6) is -1.85. The third kappa shape index (κ3) is 3.06. The predicted molar refractivity (Wildman–Crippen MR) is 34.4 cm³/mol. The van der Waals surface area contributed by atoms with E-state index in [0.717, 1.165) is 0 Å². The molecule has 0 amide bonds. The van der Waals surface area contributed by atoms with Crippen LogP contribution in [-0.2, 0) is 19.1 Å². The van der Waals surface area contributed by atoms with Crippen molar-refractivity contribution in [1.82, 2.24) is 0 Å². The van der Waals surface area contributed by atoms with Gasteiger partial charge in [-0.25, -0.2) is 9.59 Å². The van der Waals surface area contributed by atoms with Gasteiger partial charge >= 0.3 is 13.4 Å². The van der Waals surface area contributed by atoms with Crippen LogP contribution < -0.4 is 0 Å². The maximum atomic E-state index is 10.4. The molecule has 0 bridgehead atoms. The lowest BCUT2D eigenvalue weighted by atomic mass is 10.7. The first-order valence-electron chi connectivity index (χ1n) is 3.06. The number of ether oxygens (including phenoxy) is 2. The van der Waals surface area contributed by atoms with Crippen LogP contribution in [0.3, 0.4) is 0 Å².